The van der Waals surface area contributed by atoms with Gasteiger partial charge in [-0.3, -0.25) is 0 Å². The Morgan fingerprint density at radius 2 is 2.25 bits per heavy atom. The molecule has 1 atom stereocenters. The normalized spacial score (nSPS) is 13.0. The van der Waals surface area contributed by atoms with Crippen molar-refractivity contribution < 1.29 is 9.52 Å². The average molecular weight is 170 g/mol. The summed E-state index contributed by atoms with van der Waals surface area (Å²) >= 11 is 0. The number of rotatable bonds is 3. The zero-order valence-electron chi connectivity index (χ0n) is 7.32. The predicted octanol–water partition coefficient (Wildman–Crippen LogP) is 0.338. The summed E-state index contributed by atoms with van der Waals surface area (Å²) in [6.45, 7) is 0.181. The summed E-state index contributed by atoms with van der Waals surface area (Å²) in [4.78, 5) is 1.83. The molecule has 0 unspecified atom stereocenters. The fourth-order valence-corrected chi connectivity index (χ4v) is 0.878. The molecule has 1 aromatic rings. The summed E-state index contributed by atoms with van der Waals surface area (Å²) in [5.41, 5.74) is 5.27. The van der Waals surface area contributed by atoms with Crippen molar-refractivity contribution in [1.82, 2.24) is 0 Å². The molecule has 0 aliphatic carbocycles. The molecule has 0 amide bonds. The molecule has 4 nitrogen and oxygen atoms in total. The lowest BCUT2D eigenvalue weighted by Gasteiger charge is -2.07. The number of hydrogen-bond acceptors (Lipinski definition) is 4. The maximum Gasteiger partial charge on any atom is 0.195 e. The van der Waals surface area contributed by atoms with E-state index < -0.39 is 6.10 Å². The Labute approximate surface area is 71.6 Å². The van der Waals surface area contributed by atoms with Crippen molar-refractivity contribution in [1.29, 1.82) is 0 Å². The van der Waals surface area contributed by atoms with Gasteiger partial charge >= 0.3 is 0 Å². The lowest BCUT2D eigenvalue weighted by molar-refractivity contribution is 0.159. The molecule has 0 aliphatic heterocycles. The van der Waals surface area contributed by atoms with Crippen LogP contribution in [0.3, 0.4) is 0 Å². The molecule has 4 heteroatoms. The molecule has 0 fully saturated rings. The molecule has 0 spiro atoms. The Hall–Kier alpha value is -1.00. The van der Waals surface area contributed by atoms with Crippen LogP contribution in [0.25, 0.3) is 0 Å². The minimum Gasteiger partial charge on any atom is -0.443 e. The molecule has 0 saturated carbocycles. The molecular weight excluding hydrogens is 156 g/mol. The van der Waals surface area contributed by atoms with Gasteiger partial charge in [0, 0.05) is 26.7 Å². The molecule has 0 radical (unpaired) electrons. The summed E-state index contributed by atoms with van der Waals surface area (Å²) in [7, 11) is 3.74. The van der Waals surface area contributed by atoms with Gasteiger partial charge in [-0.15, -0.1) is 0 Å². The number of furan rings is 1. The van der Waals surface area contributed by atoms with E-state index in [1.165, 1.54) is 0 Å². The largest absolute Gasteiger partial charge is 0.443 e. The lowest BCUT2D eigenvalue weighted by Crippen LogP contribution is -2.11. The van der Waals surface area contributed by atoms with Crippen LogP contribution in [0.2, 0.25) is 0 Å². The Bertz CT molecular complexity index is 245. The van der Waals surface area contributed by atoms with Crippen molar-refractivity contribution in [3.05, 3.63) is 17.9 Å². The molecule has 1 rings (SSSR count). The molecule has 1 heterocycles. The van der Waals surface area contributed by atoms with E-state index >= 15 is 0 Å². The average Bonchev–Trinajstić information content (AvgIpc) is 2.51. The maximum atomic E-state index is 9.29. The molecular formula is C8H14N2O2. The zero-order valence-corrected chi connectivity index (χ0v) is 7.32. The monoisotopic (exact) mass is 170 g/mol. The van der Waals surface area contributed by atoms with E-state index in [-0.39, 0.29) is 6.54 Å². The highest BCUT2D eigenvalue weighted by Gasteiger charge is 2.10. The third kappa shape index (κ3) is 1.78. The molecule has 0 aliphatic rings. The number of nitrogens with two attached hydrogens (primary N) is 1. The molecule has 3 N–H and O–H groups in total. The Morgan fingerprint density at radius 1 is 1.58 bits per heavy atom. The smallest absolute Gasteiger partial charge is 0.195 e. The first-order chi connectivity index (χ1) is 5.65. The van der Waals surface area contributed by atoms with E-state index in [1.54, 1.807) is 12.1 Å². The highest BCUT2D eigenvalue weighted by Crippen LogP contribution is 2.20. The van der Waals surface area contributed by atoms with Gasteiger partial charge < -0.3 is 20.2 Å². The van der Waals surface area contributed by atoms with Crippen LogP contribution in [-0.2, 0) is 0 Å². The molecule has 0 aromatic carbocycles. The van der Waals surface area contributed by atoms with E-state index in [0.717, 1.165) is 5.88 Å². The zero-order chi connectivity index (χ0) is 9.14. The molecule has 68 valence electrons. The quantitative estimate of drug-likeness (QED) is 0.686. The number of aliphatic hydroxyl groups excluding tert-OH is 1. The summed E-state index contributed by atoms with van der Waals surface area (Å²) in [6.07, 6.45) is -0.696. The van der Waals surface area contributed by atoms with Gasteiger partial charge in [-0.2, -0.15) is 0 Å². The van der Waals surface area contributed by atoms with Gasteiger partial charge in [-0.1, -0.05) is 0 Å². The van der Waals surface area contributed by atoms with Crippen molar-refractivity contribution in [2.45, 2.75) is 6.10 Å². The van der Waals surface area contributed by atoms with Crippen LogP contribution in [-0.4, -0.2) is 25.7 Å². The SMILES string of the molecule is CN(C)c1ccc([C@H](O)CN)o1. The van der Waals surface area contributed by atoms with Crippen molar-refractivity contribution in [2.24, 2.45) is 5.73 Å². The second-order valence-corrected chi connectivity index (χ2v) is 2.82. The number of nitrogens with zero attached hydrogens (tertiary/aromatic N) is 1. The highest BCUT2D eigenvalue weighted by atomic mass is 16.4. The second kappa shape index (κ2) is 3.60. The standard InChI is InChI=1S/C8H14N2O2/c1-10(2)8-4-3-7(12-8)6(11)5-9/h3-4,6,11H,5,9H2,1-2H3/t6-/m1/s1. The lowest BCUT2D eigenvalue weighted by atomic mass is 10.3. The minimum absolute atomic E-state index is 0.181. The number of anilines is 1. The van der Waals surface area contributed by atoms with E-state index in [9.17, 15) is 5.11 Å². The fourth-order valence-electron chi connectivity index (χ4n) is 0.878. The van der Waals surface area contributed by atoms with E-state index in [0.29, 0.717) is 5.76 Å². The van der Waals surface area contributed by atoms with Crippen LogP contribution < -0.4 is 10.6 Å². The summed E-state index contributed by atoms with van der Waals surface area (Å²) in [6, 6.07) is 3.53. The Morgan fingerprint density at radius 3 is 2.67 bits per heavy atom. The topological polar surface area (TPSA) is 62.6 Å². The molecule has 1 aromatic heterocycles. The third-order valence-corrected chi connectivity index (χ3v) is 1.61. The van der Waals surface area contributed by atoms with Crippen molar-refractivity contribution in [3.8, 4) is 0 Å². The number of hydrogen-bond donors (Lipinski definition) is 2. The van der Waals surface area contributed by atoms with Crippen molar-refractivity contribution in [2.75, 3.05) is 25.5 Å². The molecule has 12 heavy (non-hydrogen) atoms. The second-order valence-electron chi connectivity index (χ2n) is 2.82. The van der Waals surface area contributed by atoms with Crippen molar-refractivity contribution >= 4 is 5.88 Å². The van der Waals surface area contributed by atoms with Gasteiger partial charge in [0.1, 0.15) is 11.9 Å². The first-order valence-corrected chi connectivity index (χ1v) is 3.80. The summed E-state index contributed by atoms with van der Waals surface area (Å²) in [5, 5.41) is 9.29. The van der Waals surface area contributed by atoms with Gasteiger partial charge in [0.15, 0.2) is 5.88 Å². The van der Waals surface area contributed by atoms with Gasteiger partial charge in [0.05, 0.1) is 0 Å². The van der Waals surface area contributed by atoms with Crippen LogP contribution in [0.5, 0.6) is 0 Å². The van der Waals surface area contributed by atoms with Gasteiger partial charge in [-0.25, -0.2) is 0 Å². The van der Waals surface area contributed by atoms with E-state index in [4.69, 9.17) is 10.2 Å². The minimum atomic E-state index is -0.696. The van der Waals surface area contributed by atoms with Gasteiger partial charge in [0.25, 0.3) is 0 Å². The predicted molar refractivity (Wildman–Crippen MR) is 47.0 cm³/mol. The van der Waals surface area contributed by atoms with Gasteiger partial charge in [-0.05, 0) is 6.07 Å². The van der Waals surface area contributed by atoms with Crippen molar-refractivity contribution in [3.63, 3.8) is 0 Å². The third-order valence-electron chi connectivity index (χ3n) is 1.61. The first kappa shape index (κ1) is 9.09. The highest BCUT2D eigenvalue weighted by molar-refractivity contribution is 5.34. The Kier molecular flexibility index (Phi) is 2.73. The first-order valence-electron chi connectivity index (χ1n) is 3.80. The fraction of sp³-hybridized carbons (Fsp3) is 0.500. The summed E-state index contributed by atoms with van der Waals surface area (Å²) < 4.78 is 5.29. The van der Waals surface area contributed by atoms with Crippen LogP contribution in [0.4, 0.5) is 5.88 Å². The number of aliphatic hydroxyl groups is 1. The van der Waals surface area contributed by atoms with Crippen LogP contribution >= 0.6 is 0 Å². The van der Waals surface area contributed by atoms with Crippen LogP contribution in [0.15, 0.2) is 16.5 Å². The van der Waals surface area contributed by atoms with Gasteiger partial charge in [0.2, 0.25) is 0 Å². The molecule has 0 bridgehead atoms. The maximum absolute atomic E-state index is 9.29. The van der Waals surface area contributed by atoms with E-state index in [2.05, 4.69) is 0 Å². The summed E-state index contributed by atoms with van der Waals surface area (Å²) in [5.74, 6) is 1.23. The van der Waals surface area contributed by atoms with E-state index in [1.807, 2.05) is 19.0 Å². The van der Waals surface area contributed by atoms with Crippen LogP contribution in [0.1, 0.15) is 11.9 Å². The molecule has 0 saturated heterocycles. The Balaban J connectivity index is 2.77. The van der Waals surface area contributed by atoms with Crippen LogP contribution in [0, 0.1) is 0 Å².